The summed E-state index contributed by atoms with van der Waals surface area (Å²) in [5.74, 6) is -5.44. The minimum atomic E-state index is -5.15. The fourth-order valence-corrected chi connectivity index (χ4v) is 2.93. The molecular weight excluding hydrogens is 484 g/mol. The number of rotatable bonds is 7. The van der Waals surface area contributed by atoms with Crippen LogP contribution in [0.15, 0.2) is 48.7 Å². The van der Waals surface area contributed by atoms with Gasteiger partial charge in [0, 0.05) is 17.4 Å². The summed E-state index contributed by atoms with van der Waals surface area (Å²) < 4.78 is 91.2. The van der Waals surface area contributed by atoms with Gasteiger partial charge >= 0.3 is 6.18 Å². The van der Waals surface area contributed by atoms with Gasteiger partial charge in [-0.25, -0.2) is 13.2 Å². The molecule has 0 aliphatic heterocycles. The van der Waals surface area contributed by atoms with Gasteiger partial charge in [-0.2, -0.15) is 13.2 Å². The van der Waals surface area contributed by atoms with E-state index in [1.165, 1.54) is 6.07 Å². The van der Waals surface area contributed by atoms with Crippen LogP contribution in [0, 0.1) is 5.82 Å². The van der Waals surface area contributed by atoms with Crippen LogP contribution in [0.2, 0.25) is 0 Å². The number of primary amides is 1. The van der Waals surface area contributed by atoms with E-state index < -0.39 is 52.7 Å². The Morgan fingerprint density at radius 2 is 1.71 bits per heavy atom. The number of amides is 2. The Morgan fingerprint density at radius 1 is 1.03 bits per heavy atom. The van der Waals surface area contributed by atoms with Crippen LogP contribution in [0.5, 0.6) is 17.2 Å². The fourth-order valence-electron chi connectivity index (χ4n) is 2.93. The number of nitrogens with two attached hydrogens (primary N) is 1. The van der Waals surface area contributed by atoms with Crippen molar-refractivity contribution < 1.29 is 45.4 Å². The molecule has 0 radical (unpaired) electrons. The van der Waals surface area contributed by atoms with Gasteiger partial charge in [-0.1, -0.05) is 0 Å². The van der Waals surface area contributed by atoms with Gasteiger partial charge in [-0.15, -0.1) is 0 Å². The molecule has 184 valence electrons. The van der Waals surface area contributed by atoms with Crippen molar-refractivity contribution >= 4 is 17.5 Å². The van der Waals surface area contributed by atoms with Crippen molar-refractivity contribution in [2.24, 2.45) is 5.73 Å². The van der Waals surface area contributed by atoms with Crippen LogP contribution < -0.4 is 20.5 Å². The molecule has 13 heteroatoms. The zero-order valence-electron chi connectivity index (χ0n) is 17.6. The van der Waals surface area contributed by atoms with E-state index in [2.05, 4.69) is 10.3 Å². The molecule has 1 aromatic heterocycles. The SMILES string of the molecule is COc1cc(C(F)F)ccc1Oc1ccc(C(F)(F)F)c(F)c1C(=O)Nc1ccnc(C(N)=O)c1. The first-order valence-electron chi connectivity index (χ1n) is 9.53. The standard InChI is InChI=1S/C22H15F6N3O4/c1-34-16-8-10(19(24)25)2-4-14(16)35-15-5-3-12(22(26,27)28)18(23)17(15)21(33)31-11-6-7-30-13(9-11)20(29)32/h2-9,19H,1H3,(H2,29,32)(H,30,31,33). The van der Waals surface area contributed by atoms with Crippen LogP contribution >= 0.6 is 0 Å². The molecule has 0 spiro atoms. The Kier molecular flexibility index (Phi) is 7.17. The van der Waals surface area contributed by atoms with Gasteiger partial charge < -0.3 is 20.5 Å². The molecule has 2 amide bonds. The average molecular weight is 499 g/mol. The second kappa shape index (κ2) is 9.91. The maximum Gasteiger partial charge on any atom is 0.419 e. The number of benzene rings is 2. The molecule has 3 rings (SSSR count). The minimum Gasteiger partial charge on any atom is -0.493 e. The van der Waals surface area contributed by atoms with E-state index in [0.717, 1.165) is 37.6 Å². The van der Waals surface area contributed by atoms with Gasteiger partial charge in [0.2, 0.25) is 0 Å². The van der Waals surface area contributed by atoms with Crippen LogP contribution in [-0.2, 0) is 6.18 Å². The molecule has 0 fully saturated rings. The predicted molar refractivity (Wildman–Crippen MR) is 110 cm³/mol. The van der Waals surface area contributed by atoms with Crippen LogP contribution in [0.3, 0.4) is 0 Å². The summed E-state index contributed by atoms with van der Waals surface area (Å²) in [5, 5.41) is 2.15. The van der Waals surface area contributed by atoms with Crippen molar-refractivity contribution in [2.75, 3.05) is 12.4 Å². The van der Waals surface area contributed by atoms with E-state index in [0.29, 0.717) is 12.1 Å². The summed E-state index contributed by atoms with van der Waals surface area (Å²) in [6.07, 6.45) is -6.91. The first kappa shape index (κ1) is 25.3. The van der Waals surface area contributed by atoms with Gasteiger partial charge in [0.05, 0.1) is 12.7 Å². The van der Waals surface area contributed by atoms with Gasteiger partial charge in [0.15, 0.2) is 17.3 Å². The third-order valence-electron chi connectivity index (χ3n) is 4.57. The number of hydrogen-bond donors (Lipinski definition) is 2. The number of pyridine rings is 1. The molecule has 0 unspecified atom stereocenters. The van der Waals surface area contributed by atoms with Gasteiger partial charge in [0.25, 0.3) is 18.2 Å². The number of aromatic nitrogens is 1. The number of halogens is 6. The molecule has 1 heterocycles. The van der Waals surface area contributed by atoms with Gasteiger partial charge in [0.1, 0.15) is 17.0 Å². The van der Waals surface area contributed by atoms with E-state index in [1.807, 2.05) is 0 Å². The van der Waals surface area contributed by atoms with Crippen molar-refractivity contribution in [2.45, 2.75) is 12.6 Å². The molecule has 3 N–H and O–H groups in total. The van der Waals surface area contributed by atoms with Crippen LogP contribution in [-0.4, -0.2) is 23.9 Å². The molecule has 0 saturated carbocycles. The normalized spacial score (nSPS) is 11.3. The van der Waals surface area contributed by atoms with Gasteiger partial charge in [-0.05, 0) is 42.5 Å². The third-order valence-corrected chi connectivity index (χ3v) is 4.57. The number of anilines is 1. The second-order valence-corrected chi connectivity index (χ2v) is 6.86. The highest BCUT2D eigenvalue weighted by molar-refractivity contribution is 6.07. The average Bonchev–Trinajstić information content (AvgIpc) is 2.78. The van der Waals surface area contributed by atoms with Crippen molar-refractivity contribution in [3.8, 4) is 17.2 Å². The van der Waals surface area contributed by atoms with Gasteiger partial charge in [-0.3, -0.25) is 14.6 Å². The van der Waals surface area contributed by atoms with Crippen molar-refractivity contribution in [3.05, 3.63) is 76.9 Å². The summed E-state index contributed by atoms with van der Waals surface area (Å²) >= 11 is 0. The first-order chi connectivity index (χ1) is 16.4. The molecular formula is C22H15F6N3O4. The number of carbonyl (C=O) groups excluding carboxylic acids is 2. The zero-order valence-corrected chi connectivity index (χ0v) is 17.6. The summed E-state index contributed by atoms with van der Waals surface area (Å²) in [6, 6.07) is 6.18. The molecule has 3 aromatic rings. The molecule has 0 aliphatic rings. The van der Waals surface area contributed by atoms with E-state index in [1.54, 1.807) is 0 Å². The summed E-state index contributed by atoms with van der Waals surface area (Å²) in [5.41, 5.74) is 1.38. The molecule has 2 aromatic carbocycles. The van der Waals surface area contributed by atoms with Crippen LogP contribution in [0.1, 0.15) is 38.4 Å². The Bertz CT molecular complexity index is 1280. The molecule has 0 aliphatic carbocycles. The third kappa shape index (κ3) is 5.62. The molecule has 7 nitrogen and oxygen atoms in total. The van der Waals surface area contributed by atoms with E-state index in [4.69, 9.17) is 15.2 Å². The predicted octanol–water partition coefficient (Wildman–Crippen LogP) is 5.33. The summed E-state index contributed by atoms with van der Waals surface area (Å²) in [6.45, 7) is 0. The molecule has 0 atom stereocenters. The summed E-state index contributed by atoms with van der Waals surface area (Å²) in [7, 11) is 1.12. The lowest BCUT2D eigenvalue weighted by atomic mass is 10.1. The van der Waals surface area contributed by atoms with Crippen LogP contribution in [0.25, 0.3) is 0 Å². The van der Waals surface area contributed by atoms with Crippen molar-refractivity contribution in [1.82, 2.24) is 4.98 Å². The minimum absolute atomic E-state index is 0.125. The lowest BCUT2D eigenvalue weighted by Gasteiger charge is -2.17. The Balaban J connectivity index is 2.08. The Labute approximate surface area is 193 Å². The molecule has 0 bridgehead atoms. The van der Waals surface area contributed by atoms with E-state index in [9.17, 15) is 35.9 Å². The quantitative estimate of drug-likeness (QED) is 0.428. The lowest BCUT2D eigenvalue weighted by molar-refractivity contribution is -0.140. The number of alkyl halides is 5. The lowest BCUT2D eigenvalue weighted by Crippen LogP contribution is -2.19. The zero-order chi connectivity index (χ0) is 25.9. The monoisotopic (exact) mass is 499 g/mol. The molecule has 35 heavy (non-hydrogen) atoms. The van der Waals surface area contributed by atoms with E-state index in [-0.39, 0.29) is 22.9 Å². The highest BCUT2D eigenvalue weighted by Crippen LogP contribution is 2.40. The number of methoxy groups -OCH3 is 1. The maximum atomic E-state index is 15.0. The highest BCUT2D eigenvalue weighted by Gasteiger charge is 2.37. The number of hydrogen-bond acceptors (Lipinski definition) is 5. The number of carbonyl (C=O) groups is 2. The summed E-state index contributed by atoms with van der Waals surface area (Å²) in [4.78, 5) is 27.8. The Morgan fingerprint density at radius 3 is 2.31 bits per heavy atom. The van der Waals surface area contributed by atoms with Crippen LogP contribution in [0.4, 0.5) is 32.0 Å². The number of ether oxygens (including phenoxy) is 2. The maximum absolute atomic E-state index is 15.0. The van der Waals surface area contributed by atoms with Crippen molar-refractivity contribution in [3.63, 3.8) is 0 Å². The number of nitrogens with one attached hydrogen (secondary N) is 1. The second-order valence-electron chi connectivity index (χ2n) is 6.86. The largest absolute Gasteiger partial charge is 0.493 e. The molecule has 0 saturated heterocycles. The highest BCUT2D eigenvalue weighted by atomic mass is 19.4. The topological polar surface area (TPSA) is 104 Å². The number of nitrogens with zero attached hydrogens (tertiary/aromatic N) is 1. The smallest absolute Gasteiger partial charge is 0.419 e. The Hall–Kier alpha value is -4.29. The van der Waals surface area contributed by atoms with E-state index >= 15 is 0 Å². The fraction of sp³-hybridized carbons (Fsp3) is 0.136. The first-order valence-corrected chi connectivity index (χ1v) is 9.53. The van der Waals surface area contributed by atoms with Crippen molar-refractivity contribution in [1.29, 1.82) is 0 Å².